The van der Waals surface area contributed by atoms with Gasteiger partial charge in [0.15, 0.2) is 0 Å². The first kappa shape index (κ1) is 14.7. The molecule has 1 aromatic carbocycles. The van der Waals surface area contributed by atoms with Crippen LogP contribution in [-0.4, -0.2) is 30.1 Å². The lowest BCUT2D eigenvalue weighted by molar-refractivity contribution is 0.0857. The second-order valence-electron chi connectivity index (χ2n) is 5.29. The molecule has 2 heterocycles. The molecule has 1 aliphatic rings. The van der Waals surface area contributed by atoms with Crippen molar-refractivity contribution in [1.29, 1.82) is 0 Å². The topological polar surface area (TPSA) is 51.2 Å². The van der Waals surface area contributed by atoms with Gasteiger partial charge in [-0.1, -0.05) is 12.1 Å². The normalized spacial score (nSPS) is 17.4. The van der Waals surface area contributed by atoms with E-state index in [0.29, 0.717) is 23.4 Å². The number of hydrogen-bond acceptors (Lipinski definition) is 3. The van der Waals surface area contributed by atoms with Crippen LogP contribution in [0.4, 0.5) is 4.39 Å². The number of carbonyl (C=O) groups is 1. The van der Waals surface area contributed by atoms with Crippen molar-refractivity contribution in [2.45, 2.75) is 18.9 Å². The second kappa shape index (κ2) is 6.66. The molecule has 0 unspecified atom stereocenters. The first-order valence-electron chi connectivity index (χ1n) is 7.34. The van der Waals surface area contributed by atoms with Gasteiger partial charge in [-0.2, -0.15) is 0 Å². The van der Waals surface area contributed by atoms with Gasteiger partial charge in [-0.15, -0.1) is 0 Å². The summed E-state index contributed by atoms with van der Waals surface area (Å²) in [6.45, 7) is 1.29. The van der Waals surface area contributed by atoms with Gasteiger partial charge >= 0.3 is 0 Å². The van der Waals surface area contributed by atoms with E-state index >= 15 is 0 Å². The summed E-state index contributed by atoms with van der Waals surface area (Å²) in [4.78, 5) is 16.3. The summed E-state index contributed by atoms with van der Waals surface area (Å²) in [5.74, 6) is -0.480. The van der Waals surface area contributed by atoms with Crippen LogP contribution in [0.3, 0.4) is 0 Å². The first-order valence-corrected chi connectivity index (χ1v) is 7.34. The van der Waals surface area contributed by atoms with E-state index in [-0.39, 0.29) is 17.8 Å². The van der Waals surface area contributed by atoms with Gasteiger partial charge in [0.1, 0.15) is 5.82 Å². The zero-order valence-corrected chi connectivity index (χ0v) is 12.1. The van der Waals surface area contributed by atoms with E-state index < -0.39 is 0 Å². The molecule has 1 amide bonds. The van der Waals surface area contributed by atoms with Crippen molar-refractivity contribution in [3.8, 4) is 11.3 Å². The highest BCUT2D eigenvalue weighted by Gasteiger charge is 2.16. The van der Waals surface area contributed by atoms with E-state index in [0.717, 1.165) is 19.4 Å². The fourth-order valence-corrected chi connectivity index (χ4v) is 2.46. The fraction of sp³-hybridized carbons (Fsp3) is 0.294. The van der Waals surface area contributed by atoms with Crippen LogP contribution < -0.4 is 5.32 Å². The predicted octanol–water partition coefficient (Wildman–Crippen LogP) is 2.80. The second-order valence-corrected chi connectivity index (χ2v) is 5.29. The Kier molecular flexibility index (Phi) is 4.44. The molecule has 1 aliphatic heterocycles. The Morgan fingerprint density at radius 1 is 1.36 bits per heavy atom. The zero-order chi connectivity index (χ0) is 15.4. The molecule has 4 nitrogen and oxygen atoms in total. The number of rotatable bonds is 4. The standard InChI is InChI=1S/C17H17FN2O2/c18-14-4-1-3-12(9-14)16-7-6-13(10-19-16)17(21)20-11-15-5-2-8-22-15/h1,3-4,6-7,9-10,15H,2,5,8,11H2,(H,20,21)/t15-/m0/s1. The molecule has 1 fully saturated rings. The quantitative estimate of drug-likeness (QED) is 0.944. The number of pyridine rings is 1. The van der Waals surface area contributed by atoms with Gasteiger partial charge in [0, 0.05) is 24.9 Å². The van der Waals surface area contributed by atoms with Crippen molar-refractivity contribution in [2.24, 2.45) is 0 Å². The Bertz CT molecular complexity index is 652. The first-order chi connectivity index (χ1) is 10.7. The Hall–Kier alpha value is -2.27. The van der Waals surface area contributed by atoms with Crippen LogP contribution in [-0.2, 0) is 4.74 Å². The predicted molar refractivity (Wildman–Crippen MR) is 80.9 cm³/mol. The Morgan fingerprint density at radius 2 is 2.27 bits per heavy atom. The minimum atomic E-state index is -0.308. The van der Waals surface area contributed by atoms with Crippen LogP contribution >= 0.6 is 0 Å². The molecule has 1 saturated heterocycles. The van der Waals surface area contributed by atoms with Crippen LogP contribution in [0.15, 0.2) is 42.6 Å². The van der Waals surface area contributed by atoms with E-state index in [1.54, 1.807) is 24.3 Å². The van der Waals surface area contributed by atoms with Crippen LogP contribution in [0.25, 0.3) is 11.3 Å². The van der Waals surface area contributed by atoms with E-state index in [9.17, 15) is 9.18 Å². The summed E-state index contributed by atoms with van der Waals surface area (Å²) in [5, 5.41) is 2.85. The lowest BCUT2D eigenvalue weighted by atomic mass is 10.1. The summed E-state index contributed by atoms with van der Waals surface area (Å²) in [7, 11) is 0. The van der Waals surface area contributed by atoms with Gasteiger partial charge in [0.05, 0.1) is 17.4 Å². The molecule has 1 aromatic heterocycles. The third kappa shape index (κ3) is 3.49. The van der Waals surface area contributed by atoms with Gasteiger partial charge in [-0.05, 0) is 37.1 Å². The number of amides is 1. The highest BCUT2D eigenvalue weighted by molar-refractivity contribution is 5.94. The van der Waals surface area contributed by atoms with Crippen molar-refractivity contribution in [1.82, 2.24) is 10.3 Å². The Labute approximate surface area is 128 Å². The number of carbonyl (C=O) groups excluding carboxylic acids is 1. The van der Waals surface area contributed by atoms with Crippen molar-refractivity contribution >= 4 is 5.91 Å². The van der Waals surface area contributed by atoms with E-state index in [2.05, 4.69) is 10.3 Å². The van der Waals surface area contributed by atoms with E-state index in [1.165, 1.54) is 18.3 Å². The molecular weight excluding hydrogens is 283 g/mol. The number of hydrogen-bond donors (Lipinski definition) is 1. The number of nitrogens with zero attached hydrogens (tertiary/aromatic N) is 1. The van der Waals surface area contributed by atoms with Crippen LogP contribution in [0.2, 0.25) is 0 Å². The molecule has 3 rings (SSSR count). The van der Waals surface area contributed by atoms with Gasteiger partial charge in [-0.3, -0.25) is 9.78 Å². The smallest absolute Gasteiger partial charge is 0.252 e. The Balaban J connectivity index is 1.64. The average molecular weight is 300 g/mol. The largest absolute Gasteiger partial charge is 0.376 e. The van der Waals surface area contributed by atoms with E-state index in [1.807, 2.05) is 0 Å². The highest BCUT2D eigenvalue weighted by Crippen LogP contribution is 2.18. The lowest BCUT2D eigenvalue weighted by Crippen LogP contribution is -2.31. The van der Waals surface area contributed by atoms with Gasteiger partial charge in [0.2, 0.25) is 0 Å². The molecule has 22 heavy (non-hydrogen) atoms. The maximum Gasteiger partial charge on any atom is 0.252 e. The lowest BCUT2D eigenvalue weighted by Gasteiger charge is -2.10. The van der Waals surface area contributed by atoms with Crippen molar-refractivity contribution in [2.75, 3.05) is 13.2 Å². The zero-order valence-electron chi connectivity index (χ0n) is 12.1. The Morgan fingerprint density at radius 3 is 2.95 bits per heavy atom. The molecule has 1 atom stereocenters. The molecule has 5 heteroatoms. The van der Waals surface area contributed by atoms with Crippen LogP contribution in [0.5, 0.6) is 0 Å². The van der Waals surface area contributed by atoms with Crippen LogP contribution in [0.1, 0.15) is 23.2 Å². The third-order valence-electron chi connectivity index (χ3n) is 3.66. The molecule has 2 aromatic rings. The maximum absolute atomic E-state index is 13.2. The number of nitrogens with one attached hydrogen (secondary N) is 1. The van der Waals surface area contributed by atoms with E-state index in [4.69, 9.17) is 4.74 Å². The maximum atomic E-state index is 13.2. The minimum Gasteiger partial charge on any atom is -0.376 e. The number of aromatic nitrogens is 1. The summed E-state index contributed by atoms with van der Waals surface area (Å²) in [6.07, 6.45) is 3.65. The van der Waals surface area contributed by atoms with Crippen molar-refractivity contribution in [3.05, 3.63) is 54.0 Å². The third-order valence-corrected chi connectivity index (χ3v) is 3.66. The van der Waals surface area contributed by atoms with Gasteiger partial charge < -0.3 is 10.1 Å². The fourth-order valence-electron chi connectivity index (χ4n) is 2.46. The molecular formula is C17H17FN2O2. The number of ether oxygens (including phenoxy) is 1. The molecule has 114 valence electrons. The number of benzene rings is 1. The summed E-state index contributed by atoms with van der Waals surface area (Å²) >= 11 is 0. The van der Waals surface area contributed by atoms with Gasteiger partial charge in [-0.25, -0.2) is 4.39 Å². The molecule has 1 N–H and O–H groups in total. The molecule has 0 aliphatic carbocycles. The molecule has 0 bridgehead atoms. The summed E-state index contributed by atoms with van der Waals surface area (Å²) in [5.41, 5.74) is 1.81. The minimum absolute atomic E-state index is 0.114. The monoisotopic (exact) mass is 300 g/mol. The number of halogens is 1. The highest BCUT2D eigenvalue weighted by atomic mass is 19.1. The van der Waals surface area contributed by atoms with Crippen LogP contribution in [0, 0.1) is 5.82 Å². The molecule has 0 spiro atoms. The summed E-state index contributed by atoms with van der Waals surface area (Å²) in [6, 6.07) is 9.63. The van der Waals surface area contributed by atoms with Gasteiger partial charge in [0.25, 0.3) is 5.91 Å². The average Bonchev–Trinajstić information content (AvgIpc) is 3.06. The van der Waals surface area contributed by atoms with Crippen molar-refractivity contribution < 1.29 is 13.9 Å². The molecule has 0 radical (unpaired) electrons. The molecule has 0 saturated carbocycles. The summed E-state index contributed by atoms with van der Waals surface area (Å²) < 4.78 is 18.7. The SMILES string of the molecule is O=C(NC[C@@H]1CCCO1)c1ccc(-c2cccc(F)c2)nc1. The van der Waals surface area contributed by atoms with Crippen molar-refractivity contribution in [3.63, 3.8) is 0 Å².